The lowest BCUT2D eigenvalue weighted by Crippen LogP contribution is -2.31. The fraction of sp³-hybridized carbons (Fsp3) is 0.240. The summed E-state index contributed by atoms with van der Waals surface area (Å²) in [5.74, 6) is -0.117. The Kier molecular flexibility index (Phi) is 9.63. The third-order valence-electron chi connectivity index (χ3n) is 4.39. The highest BCUT2D eigenvalue weighted by Gasteiger charge is 2.18. The molecule has 1 aliphatic rings. The maximum absolute atomic E-state index is 12.1. The molecule has 0 saturated carbocycles. The number of hydrogen-bond acceptors (Lipinski definition) is 4. The lowest BCUT2D eigenvalue weighted by Gasteiger charge is -2.08. The molecule has 6 heteroatoms. The van der Waals surface area contributed by atoms with E-state index in [0.717, 1.165) is 27.8 Å². The van der Waals surface area contributed by atoms with Crippen LogP contribution < -0.4 is 5.32 Å². The molecule has 0 atom stereocenters. The number of carbonyl (C=O) groups is 1. The molecule has 0 spiro atoms. The highest BCUT2D eigenvalue weighted by atomic mass is 35.5. The minimum Gasteiger partial charge on any atom is -0.351 e. The molecule has 1 amide bonds. The van der Waals surface area contributed by atoms with Gasteiger partial charge in [-0.3, -0.25) is 14.8 Å². The van der Waals surface area contributed by atoms with Gasteiger partial charge in [0.1, 0.15) is 5.71 Å². The molecule has 3 heterocycles. The first-order chi connectivity index (χ1) is 14.9. The number of nitrogens with one attached hydrogen (secondary N) is 1. The van der Waals surface area contributed by atoms with E-state index in [-0.39, 0.29) is 5.91 Å². The van der Waals surface area contributed by atoms with Crippen LogP contribution in [0.25, 0.3) is 17.2 Å². The first-order valence-electron chi connectivity index (χ1n) is 10.0. The maximum Gasteiger partial charge on any atom is 0.269 e. The van der Waals surface area contributed by atoms with E-state index >= 15 is 0 Å². The standard InChI is InChI=1S/C17H17N3OS.C8H11Cl/c1-3-19-17(21)16-11(2)6-13-7-18-8-14(15(13)9-20-16)12-4-5-22-10-12;1-4-8(9)6-5-7(2)3/h4-8,10H,3,9H2,1-2H3,(H,19,21);4-6H,1H2,2-3H3/b;8-6+. The van der Waals surface area contributed by atoms with E-state index in [1.165, 1.54) is 5.57 Å². The van der Waals surface area contributed by atoms with E-state index in [2.05, 4.69) is 38.7 Å². The fourth-order valence-electron chi connectivity index (χ4n) is 2.86. The van der Waals surface area contributed by atoms with Crippen molar-refractivity contribution in [1.82, 2.24) is 10.3 Å². The Morgan fingerprint density at radius 2 is 2.10 bits per heavy atom. The van der Waals surface area contributed by atoms with Crippen molar-refractivity contribution in [2.75, 3.05) is 6.54 Å². The van der Waals surface area contributed by atoms with Crippen molar-refractivity contribution in [3.63, 3.8) is 0 Å². The van der Waals surface area contributed by atoms with Gasteiger partial charge in [0.25, 0.3) is 5.91 Å². The van der Waals surface area contributed by atoms with Gasteiger partial charge in [0.2, 0.25) is 0 Å². The summed E-state index contributed by atoms with van der Waals surface area (Å²) in [6.45, 7) is 12.5. The Balaban J connectivity index is 0.000000323. The van der Waals surface area contributed by atoms with E-state index in [1.807, 2.05) is 58.3 Å². The van der Waals surface area contributed by atoms with Crippen LogP contribution in [0.4, 0.5) is 0 Å². The van der Waals surface area contributed by atoms with Crippen LogP contribution in [0, 0.1) is 0 Å². The quantitative estimate of drug-likeness (QED) is 0.520. The average molecular weight is 454 g/mol. The summed E-state index contributed by atoms with van der Waals surface area (Å²) in [5.41, 5.74) is 7.00. The van der Waals surface area contributed by atoms with Crippen LogP contribution in [0.2, 0.25) is 0 Å². The van der Waals surface area contributed by atoms with E-state index in [0.29, 0.717) is 23.8 Å². The zero-order valence-corrected chi connectivity index (χ0v) is 20.0. The van der Waals surface area contributed by atoms with Crippen molar-refractivity contribution in [2.24, 2.45) is 4.99 Å². The minimum absolute atomic E-state index is 0.117. The zero-order chi connectivity index (χ0) is 22.8. The molecule has 0 radical (unpaired) electrons. The van der Waals surface area contributed by atoms with Gasteiger partial charge in [-0.25, -0.2) is 0 Å². The summed E-state index contributed by atoms with van der Waals surface area (Å²) >= 11 is 7.27. The zero-order valence-electron chi connectivity index (χ0n) is 18.4. The Labute approximate surface area is 193 Å². The van der Waals surface area contributed by atoms with Crippen LogP contribution in [0.5, 0.6) is 0 Å². The SMILES string of the molecule is C=C/C(Cl)=C\C=C(C)C.CCNC(=O)C1=NCc2c(cncc2-c2ccsc2)C=C1C. The number of aromatic nitrogens is 1. The topological polar surface area (TPSA) is 54.4 Å². The largest absolute Gasteiger partial charge is 0.351 e. The summed E-state index contributed by atoms with van der Waals surface area (Å²) < 4.78 is 0. The summed E-state index contributed by atoms with van der Waals surface area (Å²) in [6, 6.07) is 2.08. The number of nitrogens with zero attached hydrogens (tertiary/aromatic N) is 2. The van der Waals surface area contributed by atoms with Crippen molar-refractivity contribution in [3.05, 3.63) is 81.3 Å². The van der Waals surface area contributed by atoms with Gasteiger partial charge in [0, 0.05) is 29.5 Å². The Bertz CT molecular complexity index is 1040. The molecule has 0 fully saturated rings. The lowest BCUT2D eigenvalue weighted by molar-refractivity contribution is -0.114. The number of hydrogen-bond donors (Lipinski definition) is 1. The summed E-state index contributed by atoms with van der Waals surface area (Å²) in [7, 11) is 0. The maximum atomic E-state index is 12.1. The van der Waals surface area contributed by atoms with Crippen molar-refractivity contribution in [3.8, 4) is 11.1 Å². The third-order valence-corrected chi connectivity index (χ3v) is 5.35. The molecular weight excluding hydrogens is 426 g/mol. The number of pyridine rings is 1. The smallest absolute Gasteiger partial charge is 0.269 e. The van der Waals surface area contributed by atoms with E-state index in [4.69, 9.17) is 11.6 Å². The summed E-state index contributed by atoms with van der Waals surface area (Å²) in [5, 5.41) is 7.65. The van der Waals surface area contributed by atoms with Crippen LogP contribution in [-0.2, 0) is 11.3 Å². The third kappa shape index (κ3) is 7.16. The minimum atomic E-state index is -0.117. The molecule has 31 heavy (non-hydrogen) atoms. The molecule has 162 valence electrons. The highest BCUT2D eigenvalue weighted by molar-refractivity contribution is 7.08. The second-order valence-corrected chi connectivity index (χ2v) is 8.33. The van der Waals surface area contributed by atoms with Crippen molar-refractivity contribution in [2.45, 2.75) is 34.2 Å². The molecule has 0 saturated heterocycles. The molecule has 0 unspecified atom stereocenters. The normalized spacial score (nSPS) is 12.9. The predicted octanol–water partition coefficient (Wildman–Crippen LogP) is 6.57. The van der Waals surface area contributed by atoms with Gasteiger partial charge in [-0.15, -0.1) is 0 Å². The van der Waals surface area contributed by atoms with Gasteiger partial charge >= 0.3 is 0 Å². The van der Waals surface area contributed by atoms with E-state index in [1.54, 1.807) is 17.4 Å². The van der Waals surface area contributed by atoms with Crippen molar-refractivity contribution >= 4 is 40.6 Å². The second-order valence-electron chi connectivity index (χ2n) is 7.12. The van der Waals surface area contributed by atoms with Gasteiger partial charge < -0.3 is 5.32 Å². The van der Waals surface area contributed by atoms with Crippen molar-refractivity contribution in [1.29, 1.82) is 0 Å². The molecule has 1 aliphatic heterocycles. The Morgan fingerprint density at radius 1 is 1.32 bits per heavy atom. The molecule has 4 nitrogen and oxygen atoms in total. The van der Waals surface area contributed by atoms with Crippen LogP contribution in [-0.4, -0.2) is 23.1 Å². The number of amides is 1. The Morgan fingerprint density at radius 3 is 2.71 bits per heavy atom. The number of fused-ring (bicyclic) bond motifs is 1. The molecular formula is C25H28ClN3OS. The lowest BCUT2D eigenvalue weighted by atomic mass is 9.99. The number of aliphatic imine (C=N–C) groups is 1. The van der Waals surface area contributed by atoms with Crippen molar-refractivity contribution < 1.29 is 4.79 Å². The fourth-order valence-corrected chi connectivity index (χ4v) is 3.58. The van der Waals surface area contributed by atoms with E-state index in [9.17, 15) is 4.79 Å². The first kappa shape index (κ1) is 24.5. The number of allylic oxidation sites excluding steroid dienone is 5. The molecule has 2 aromatic heterocycles. The highest BCUT2D eigenvalue weighted by Crippen LogP contribution is 2.30. The van der Waals surface area contributed by atoms with E-state index < -0.39 is 0 Å². The second kappa shape index (κ2) is 12.2. The van der Waals surface area contributed by atoms with Crippen LogP contribution in [0.15, 0.2) is 75.2 Å². The molecule has 3 rings (SSSR count). The molecule has 0 aromatic carbocycles. The number of halogens is 1. The predicted molar refractivity (Wildman–Crippen MR) is 135 cm³/mol. The monoisotopic (exact) mass is 453 g/mol. The summed E-state index contributed by atoms with van der Waals surface area (Å²) in [6.07, 6.45) is 11.1. The molecule has 0 aliphatic carbocycles. The van der Waals surface area contributed by atoms with Crippen LogP contribution >= 0.6 is 22.9 Å². The van der Waals surface area contributed by atoms with Crippen LogP contribution in [0.3, 0.4) is 0 Å². The van der Waals surface area contributed by atoms with Gasteiger partial charge in [-0.1, -0.05) is 35.9 Å². The molecule has 0 bridgehead atoms. The Hall–Kier alpha value is -2.76. The number of rotatable bonds is 5. The molecule has 2 aromatic rings. The number of thiophene rings is 1. The van der Waals surface area contributed by atoms with Gasteiger partial charge in [-0.05, 0) is 78.9 Å². The first-order valence-corrected chi connectivity index (χ1v) is 11.3. The van der Waals surface area contributed by atoms with Crippen LogP contribution in [0.1, 0.15) is 38.8 Å². The van der Waals surface area contributed by atoms with Gasteiger partial charge in [0.05, 0.1) is 6.54 Å². The number of carbonyl (C=O) groups excluding carboxylic acids is 1. The summed E-state index contributed by atoms with van der Waals surface area (Å²) in [4.78, 5) is 21.0. The van der Waals surface area contributed by atoms with Gasteiger partial charge in [0.15, 0.2) is 0 Å². The van der Waals surface area contributed by atoms with Gasteiger partial charge in [-0.2, -0.15) is 11.3 Å². The molecule has 1 N–H and O–H groups in total. The average Bonchev–Trinajstić information content (AvgIpc) is 3.22.